The van der Waals surface area contributed by atoms with E-state index in [2.05, 4.69) is 15.1 Å². The van der Waals surface area contributed by atoms with E-state index in [4.69, 9.17) is 4.52 Å². The van der Waals surface area contributed by atoms with Gasteiger partial charge in [-0.2, -0.15) is 4.98 Å². The van der Waals surface area contributed by atoms with Crippen LogP contribution >= 0.6 is 0 Å². The fourth-order valence-electron chi connectivity index (χ4n) is 1.44. The number of hydrogen-bond acceptors (Lipinski definition) is 5. The normalized spacial score (nSPS) is 11.1. The summed E-state index contributed by atoms with van der Waals surface area (Å²) < 4.78 is 7.17. The van der Waals surface area contributed by atoms with Gasteiger partial charge < -0.3 is 14.0 Å². The third kappa shape index (κ3) is 2.46. The average molecular weight is 235 g/mol. The molecule has 6 nitrogen and oxygen atoms in total. The van der Waals surface area contributed by atoms with E-state index in [9.17, 15) is 0 Å². The summed E-state index contributed by atoms with van der Waals surface area (Å²) >= 11 is 0. The highest BCUT2D eigenvalue weighted by molar-refractivity contribution is 5.24. The molecule has 0 saturated heterocycles. The van der Waals surface area contributed by atoms with E-state index >= 15 is 0 Å². The molecular weight excluding hydrogens is 218 g/mol. The van der Waals surface area contributed by atoms with E-state index in [0.717, 1.165) is 11.6 Å². The van der Waals surface area contributed by atoms with Crippen molar-refractivity contribution >= 4 is 6.01 Å². The first-order valence-electron chi connectivity index (χ1n) is 5.59. The van der Waals surface area contributed by atoms with Crippen molar-refractivity contribution in [3.8, 4) is 0 Å². The summed E-state index contributed by atoms with van der Waals surface area (Å²) in [6, 6.07) is 0.525. The van der Waals surface area contributed by atoms with Crippen LogP contribution in [-0.4, -0.2) is 26.7 Å². The van der Waals surface area contributed by atoms with Gasteiger partial charge in [0.2, 0.25) is 0 Å². The lowest BCUT2D eigenvalue weighted by Crippen LogP contribution is -2.19. The summed E-state index contributed by atoms with van der Waals surface area (Å²) in [7, 11) is 3.87. The number of aryl methyl sites for hydroxylation is 1. The highest BCUT2D eigenvalue weighted by Crippen LogP contribution is 2.16. The standard InChI is InChI=1S/C11H17N5O/c1-8(2)10-13-11(17-14-10)16(4)7-9-12-5-6-15(9)3/h5-6,8H,7H2,1-4H3. The van der Waals surface area contributed by atoms with Gasteiger partial charge in [0.05, 0.1) is 6.54 Å². The zero-order chi connectivity index (χ0) is 12.4. The van der Waals surface area contributed by atoms with Gasteiger partial charge in [-0.1, -0.05) is 19.0 Å². The minimum Gasteiger partial charge on any atom is -0.337 e. The highest BCUT2D eigenvalue weighted by atomic mass is 16.5. The minimum absolute atomic E-state index is 0.272. The lowest BCUT2D eigenvalue weighted by atomic mass is 10.2. The molecule has 0 amide bonds. The number of anilines is 1. The Labute approximate surface area is 100 Å². The second-order valence-electron chi connectivity index (χ2n) is 4.40. The number of aromatic nitrogens is 4. The smallest absolute Gasteiger partial charge is 0.324 e. The Morgan fingerprint density at radius 3 is 2.76 bits per heavy atom. The third-order valence-corrected chi connectivity index (χ3v) is 2.57. The van der Waals surface area contributed by atoms with Gasteiger partial charge in [0, 0.05) is 32.4 Å². The Morgan fingerprint density at radius 2 is 2.24 bits per heavy atom. The Morgan fingerprint density at radius 1 is 1.47 bits per heavy atom. The van der Waals surface area contributed by atoms with Gasteiger partial charge >= 0.3 is 6.01 Å². The van der Waals surface area contributed by atoms with Crippen LogP contribution in [0.25, 0.3) is 0 Å². The summed E-state index contributed by atoms with van der Waals surface area (Å²) in [5.74, 6) is 1.96. The van der Waals surface area contributed by atoms with Crippen LogP contribution in [0.4, 0.5) is 6.01 Å². The molecule has 0 spiro atoms. The zero-order valence-electron chi connectivity index (χ0n) is 10.6. The van der Waals surface area contributed by atoms with E-state index < -0.39 is 0 Å². The van der Waals surface area contributed by atoms with Crippen molar-refractivity contribution in [3.63, 3.8) is 0 Å². The molecule has 0 aliphatic carbocycles. The maximum atomic E-state index is 5.20. The highest BCUT2D eigenvalue weighted by Gasteiger charge is 2.14. The Bertz CT molecular complexity index is 488. The molecule has 0 N–H and O–H groups in total. The molecule has 17 heavy (non-hydrogen) atoms. The number of rotatable bonds is 4. The third-order valence-electron chi connectivity index (χ3n) is 2.57. The first-order valence-corrected chi connectivity index (χ1v) is 5.59. The van der Waals surface area contributed by atoms with Crippen molar-refractivity contribution in [2.45, 2.75) is 26.3 Å². The minimum atomic E-state index is 0.272. The van der Waals surface area contributed by atoms with Crippen LogP contribution in [0, 0.1) is 0 Å². The van der Waals surface area contributed by atoms with Gasteiger partial charge in [-0.15, -0.1) is 0 Å². The molecule has 0 atom stereocenters. The van der Waals surface area contributed by atoms with E-state index in [-0.39, 0.29) is 5.92 Å². The SMILES string of the molecule is CC(C)c1noc(N(C)Cc2nccn2C)n1. The molecular formula is C11H17N5O. The van der Waals surface area contributed by atoms with Crippen LogP contribution in [0.3, 0.4) is 0 Å². The average Bonchev–Trinajstić information content (AvgIpc) is 2.88. The predicted molar refractivity (Wildman–Crippen MR) is 63.7 cm³/mol. The van der Waals surface area contributed by atoms with Crippen molar-refractivity contribution in [2.75, 3.05) is 11.9 Å². The van der Waals surface area contributed by atoms with Crippen LogP contribution in [0.15, 0.2) is 16.9 Å². The van der Waals surface area contributed by atoms with Crippen LogP contribution in [0.1, 0.15) is 31.4 Å². The van der Waals surface area contributed by atoms with Gasteiger partial charge in [-0.05, 0) is 0 Å². The fourth-order valence-corrected chi connectivity index (χ4v) is 1.44. The van der Waals surface area contributed by atoms with Crippen molar-refractivity contribution in [1.82, 2.24) is 19.7 Å². The van der Waals surface area contributed by atoms with Gasteiger partial charge in [0.25, 0.3) is 0 Å². The Balaban J connectivity index is 2.09. The molecule has 2 aromatic heterocycles. The quantitative estimate of drug-likeness (QED) is 0.805. The molecule has 0 bridgehead atoms. The molecule has 0 fully saturated rings. The second kappa shape index (κ2) is 4.57. The van der Waals surface area contributed by atoms with E-state index in [0.29, 0.717) is 12.6 Å². The molecule has 0 saturated carbocycles. The molecule has 0 radical (unpaired) electrons. The maximum absolute atomic E-state index is 5.20. The molecule has 0 aromatic carbocycles. The molecule has 0 aliphatic heterocycles. The summed E-state index contributed by atoms with van der Waals surface area (Å²) in [5.41, 5.74) is 0. The fraction of sp³-hybridized carbons (Fsp3) is 0.545. The van der Waals surface area contributed by atoms with Crippen LogP contribution < -0.4 is 4.90 Å². The van der Waals surface area contributed by atoms with E-state index in [1.54, 1.807) is 6.20 Å². The van der Waals surface area contributed by atoms with Gasteiger partial charge in [0.1, 0.15) is 5.82 Å². The lowest BCUT2D eigenvalue weighted by molar-refractivity contribution is 0.406. The second-order valence-corrected chi connectivity index (χ2v) is 4.40. The van der Waals surface area contributed by atoms with Crippen molar-refractivity contribution in [1.29, 1.82) is 0 Å². The van der Waals surface area contributed by atoms with Crippen LogP contribution in [0.2, 0.25) is 0 Å². The maximum Gasteiger partial charge on any atom is 0.324 e. The van der Waals surface area contributed by atoms with Crippen LogP contribution in [0.5, 0.6) is 0 Å². The van der Waals surface area contributed by atoms with Crippen molar-refractivity contribution in [3.05, 3.63) is 24.0 Å². The summed E-state index contributed by atoms with van der Waals surface area (Å²) in [6.07, 6.45) is 3.69. The molecule has 2 aromatic rings. The first kappa shape index (κ1) is 11.6. The van der Waals surface area contributed by atoms with Gasteiger partial charge in [-0.3, -0.25) is 0 Å². The lowest BCUT2D eigenvalue weighted by Gasteiger charge is -2.12. The Hall–Kier alpha value is -1.85. The summed E-state index contributed by atoms with van der Waals surface area (Å²) in [5, 5.41) is 3.93. The molecule has 6 heteroatoms. The Kier molecular flexibility index (Phi) is 3.12. The molecule has 92 valence electrons. The number of nitrogens with zero attached hydrogens (tertiary/aromatic N) is 5. The monoisotopic (exact) mass is 235 g/mol. The first-order chi connectivity index (χ1) is 8.08. The van der Waals surface area contributed by atoms with Crippen molar-refractivity contribution in [2.24, 2.45) is 7.05 Å². The van der Waals surface area contributed by atoms with Crippen LogP contribution in [-0.2, 0) is 13.6 Å². The largest absolute Gasteiger partial charge is 0.337 e. The summed E-state index contributed by atoms with van der Waals surface area (Å²) in [6.45, 7) is 4.71. The van der Waals surface area contributed by atoms with Crippen molar-refractivity contribution < 1.29 is 4.52 Å². The molecule has 0 aliphatic rings. The predicted octanol–water partition coefficient (Wildman–Crippen LogP) is 1.56. The van der Waals surface area contributed by atoms with Gasteiger partial charge in [0.15, 0.2) is 5.82 Å². The molecule has 2 rings (SSSR count). The zero-order valence-corrected chi connectivity index (χ0v) is 10.6. The molecule has 0 unspecified atom stereocenters. The van der Waals surface area contributed by atoms with E-state index in [1.165, 1.54) is 0 Å². The topological polar surface area (TPSA) is 60.0 Å². The van der Waals surface area contributed by atoms with Gasteiger partial charge in [-0.25, -0.2) is 4.98 Å². The van der Waals surface area contributed by atoms with E-state index in [1.807, 2.05) is 43.6 Å². The summed E-state index contributed by atoms with van der Waals surface area (Å²) in [4.78, 5) is 10.5. The molecule has 2 heterocycles. The number of hydrogen-bond donors (Lipinski definition) is 0. The number of imidazole rings is 1.